The quantitative estimate of drug-likeness (QED) is 0.744. The number of carbonyl (C=O) groups is 1. The van der Waals surface area contributed by atoms with E-state index in [0.29, 0.717) is 5.16 Å². The summed E-state index contributed by atoms with van der Waals surface area (Å²) in [6, 6.07) is 8.07. The van der Waals surface area contributed by atoms with Crippen molar-refractivity contribution in [3.63, 3.8) is 0 Å². The van der Waals surface area contributed by atoms with Crippen LogP contribution in [0.25, 0.3) is 22.1 Å². The standard InChI is InChI=1S/C14H15N5OS/c1-3-19-10-7-5-4-6-9(10)12-13(19)16-14(18-17-12)21-8-11(20)15-2/h4-7H,3,8H2,1-2H3,(H,15,20). The van der Waals surface area contributed by atoms with Gasteiger partial charge in [0.2, 0.25) is 11.1 Å². The molecule has 0 aliphatic heterocycles. The van der Waals surface area contributed by atoms with Crippen molar-refractivity contribution < 1.29 is 4.79 Å². The summed E-state index contributed by atoms with van der Waals surface area (Å²) in [5, 5.41) is 12.6. The zero-order valence-electron chi connectivity index (χ0n) is 11.8. The summed E-state index contributed by atoms with van der Waals surface area (Å²) in [5.74, 6) is 0.232. The Morgan fingerprint density at radius 3 is 2.90 bits per heavy atom. The maximum atomic E-state index is 11.3. The average Bonchev–Trinajstić information content (AvgIpc) is 2.85. The molecule has 3 aromatic rings. The molecule has 0 unspecified atom stereocenters. The molecule has 108 valence electrons. The minimum absolute atomic E-state index is 0.0558. The molecule has 0 saturated heterocycles. The highest BCUT2D eigenvalue weighted by Gasteiger charge is 2.14. The summed E-state index contributed by atoms with van der Waals surface area (Å²) in [6.45, 7) is 2.88. The fourth-order valence-electron chi connectivity index (χ4n) is 2.27. The van der Waals surface area contributed by atoms with Crippen LogP contribution in [0.1, 0.15) is 6.92 Å². The minimum Gasteiger partial charge on any atom is -0.358 e. The second-order valence-electron chi connectivity index (χ2n) is 4.49. The number of nitrogens with zero attached hydrogens (tertiary/aromatic N) is 4. The maximum Gasteiger partial charge on any atom is 0.230 e. The Morgan fingerprint density at radius 1 is 1.33 bits per heavy atom. The average molecular weight is 301 g/mol. The number of aryl methyl sites for hydroxylation is 1. The van der Waals surface area contributed by atoms with E-state index in [1.807, 2.05) is 18.2 Å². The molecular formula is C14H15N5OS. The van der Waals surface area contributed by atoms with Crippen LogP contribution in [0.3, 0.4) is 0 Å². The van der Waals surface area contributed by atoms with Gasteiger partial charge in [0.25, 0.3) is 0 Å². The number of hydrogen-bond acceptors (Lipinski definition) is 5. The van der Waals surface area contributed by atoms with Crippen LogP contribution < -0.4 is 5.32 Å². The summed E-state index contributed by atoms with van der Waals surface area (Å²) >= 11 is 1.29. The van der Waals surface area contributed by atoms with Gasteiger partial charge in [-0.05, 0) is 13.0 Å². The van der Waals surface area contributed by atoms with Crippen molar-refractivity contribution in [3.05, 3.63) is 24.3 Å². The molecule has 0 aliphatic rings. The van der Waals surface area contributed by atoms with Crippen LogP contribution in [0, 0.1) is 0 Å². The Hall–Kier alpha value is -2.15. The Kier molecular flexibility index (Phi) is 3.74. The first-order chi connectivity index (χ1) is 10.2. The van der Waals surface area contributed by atoms with E-state index in [1.165, 1.54) is 11.8 Å². The number of benzene rings is 1. The van der Waals surface area contributed by atoms with E-state index >= 15 is 0 Å². The normalized spacial score (nSPS) is 11.1. The fourth-order valence-corrected chi connectivity index (χ4v) is 2.93. The summed E-state index contributed by atoms with van der Waals surface area (Å²) in [4.78, 5) is 15.9. The molecule has 21 heavy (non-hydrogen) atoms. The maximum absolute atomic E-state index is 11.3. The van der Waals surface area contributed by atoms with Gasteiger partial charge in [-0.25, -0.2) is 4.98 Å². The summed E-state index contributed by atoms with van der Waals surface area (Å²) in [5.41, 5.74) is 2.72. The van der Waals surface area contributed by atoms with Gasteiger partial charge >= 0.3 is 0 Å². The Balaban J connectivity index is 2.08. The van der Waals surface area contributed by atoms with Crippen molar-refractivity contribution >= 4 is 39.7 Å². The highest BCUT2D eigenvalue weighted by Crippen LogP contribution is 2.26. The van der Waals surface area contributed by atoms with E-state index in [1.54, 1.807) is 7.05 Å². The van der Waals surface area contributed by atoms with Gasteiger partial charge in [0.1, 0.15) is 5.52 Å². The van der Waals surface area contributed by atoms with Crippen LogP contribution in [-0.4, -0.2) is 38.5 Å². The number of fused-ring (bicyclic) bond motifs is 3. The summed E-state index contributed by atoms with van der Waals surface area (Å²) in [6.07, 6.45) is 0. The third-order valence-electron chi connectivity index (χ3n) is 3.28. The van der Waals surface area contributed by atoms with Crippen LogP contribution in [0.5, 0.6) is 0 Å². The van der Waals surface area contributed by atoms with Gasteiger partial charge in [-0.2, -0.15) is 0 Å². The highest BCUT2D eigenvalue weighted by atomic mass is 32.2. The van der Waals surface area contributed by atoms with E-state index in [9.17, 15) is 4.79 Å². The largest absolute Gasteiger partial charge is 0.358 e. The second kappa shape index (κ2) is 5.69. The number of thioether (sulfide) groups is 1. The molecule has 0 aliphatic carbocycles. The van der Waals surface area contributed by atoms with Crippen molar-refractivity contribution in [2.75, 3.05) is 12.8 Å². The van der Waals surface area contributed by atoms with Crippen LogP contribution in [0.15, 0.2) is 29.4 Å². The number of para-hydroxylation sites is 1. The molecule has 0 radical (unpaired) electrons. The highest BCUT2D eigenvalue weighted by molar-refractivity contribution is 7.99. The Bertz CT molecular complexity index is 814. The first-order valence-electron chi connectivity index (χ1n) is 6.69. The smallest absolute Gasteiger partial charge is 0.230 e. The lowest BCUT2D eigenvalue weighted by molar-refractivity contribution is -0.118. The molecule has 6 nitrogen and oxygen atoms in total. The van der Waals surface area contributed by atoms with Gasteiger partial charge in [0.15, 0.2) is 5.65 Å². The second-order valence-corrected chi connectivity index (χ2v) is 5.43. The predicted octanol–water partition coefficient (Wildman–Crippen LogP) is 1.84. The SMILES string of the molecule is CCn1c2ccccc2c2nnc(SCC(=O)NC)nc21. The van der Waals surface area contributed by atoms with Gasteiger partial charge in [0.05, 0.1) is 11.3 Å². The molecule has 1 N–H and O–H groups in total. The van der Waals surface area contributed by atoms with E-state index < -0.39 is 0 Å². The molecule has 0 fully saturated rings. The molecule has 0 saturated carbocycles. The van der Waals surface area contributed by atoms with Crippen LogP contribution >= 0.6 is 11.8 Å². The molecule has 1 aromatic carbocycles. The molecule has 0 bridgehead atoms. The van der Waals surface area contributed by atoms with E-state index in [2.05, 4.69) is 38.1 Å². The zero-order valence-corrected chi connectivity index (χ0v) is 12.6. The molecule has 0 atom stereocenters. The minimum atomic E-state index is -0.0558. The predicted molar refractivity (Wildman–Crippen MR) is 83.3 cm³/mol. The van der Waals surface area contributed by atoms with Crippen LogP contribution in [-0.2, 0) is 11.3 Å². The van der Waals surface area contributed by atoms with E-state index in [0.717, 1.165) is 28.6 Å². The Labute approximate surface area is 126 Å². The molecular weight excluding hydrogens is 286 g/mol. The first kappa shape index (κ1) is 13.8. The number of rotatable bonds is 4. The zero-order chi connectivity index (χ0) is 14.8. The monoisotopic (exact) mass is 301 g/mol. The van der Waals surface area contributed by atoms with Crippen LogP contribution in [0.4, 0.5) is 0 Å². The van der Waals surface area contributed by atoms with E-state index in [4.69, 9.17) is 0 Å². The van der Waals surface area contributed by atoms with Gasteiger partial charge in [-0.3, -0.25) is 4.79 Å². The summed E-state index contributed by atoms with van der Waals surface area (Å²) in [7, 11) is 1.61. The van der Waals surface area contributed by atoms with Gasteiger partial charge in [-0.15, -0.1) is 10.2 Å². The molecule has 2 heterocycles. The van der Waals surface area contributed by atoms with E-state index in [-0.39, 0.29) is 11.7 Å². The van der Waals surface area contributed by atoms with Gasteiger partial charge < -0.3 is 9.88 Å². The number of nitrogens with one attached hydrogen (secondary N) is 1. The third-order valence-corrected chi connectivity index (χ3v) is 4.12. The first-order valence-corrected chi connectivity index (χ1v) is 7.68. The Morgan fingerprint density at radius 2 is 2.14 bits per heavy atom. The van der Waals surface area contributed by atoms with Crippen molar-refractivity contribution in [3.8, 4) is 0 Å². The van der Waals surface area contributed by atoms with Crippen molar-refractivity contribution in [1.29, 1.82) is 0 Å². The van der Waals surface area contributed by atoms with Crippen molar-refractivity contribution in [1.82, 2.24) is 25.1 Å². The topological polar surface area (TPSA) is 72.7 Å². The summed E-state index contributed by atoms with van der Waals surface area (Å²) < 4.78 is 2.11. The number of carbonyl (C=O) groups excluding carboxylic acids is 1. The van der Waals surface area contributed by atoms with Crippen LogP contribution in [0.2, 0.25) is 0 Å². The molecule has 3 rings (SSSR count). The number of amides is 1. The van der Waals surface area contributed by atoms with Gasteiger partial charge in [0, 0.05) is 19.0 Å². The van der Waals surface area contributed by atoms with Crippen molar-refractivity contribution in [2.45, 2.75) is 18.6 Å². The molecule has 1 amide bonds. The number of hydrogen-bond donors (Lipinski definition) is 1. The van der Waals surface area contributed by atoms with Gasteiger partial charge in [-0.1, -0.05) is 30.0 Å². The third kappa shape index (κ3) is 2.44. The molecule has 2 aromatic heterocycles. The fraction of sp³-hybridized carbons (Fsp3) is 0.286. The lowest BCUT2D eigenvalue weighted by Gasteiger charge is -2.02. The lowest BCUT2D eigenvalue weighted by atomic mass is 10.2. The lowest BCUT2D eigenvalue weighted by Crippen LogP contribution is -2.19. The van der Waals surface area contributed by atoms with Crippen molar-refractivity contribution in [2.24, 2.45) is 0 Å². The molecule has 0 spiro atoms. The molecule has 7 heteroatoms. The number of aromatic nitrogens is 4.